The number of hydrogen-bond donors (Lipinski definition) is 2. The van der Waals surface area contributed by atoms with Gasteiger partial charge in [-0.1, -0.05) is 6.92 Å². The second kappa shape index (κ2) is 8.71. The molecule has 1 aliphatic heterocycles. The van der Waals surface area contributed by atoms with Gasteiger partial charge < -0.3 is 20.9 Å². The molecule has 5 nitrogen and oxygen atoms in total. The van der Waals surface area contributed by atoms with Crippen molar-refractivity contribution < 1.29 is 4.79 Å². The zero-order valence-corrected chi connectivity index (χ0v) is 14.3. The summed E-state index contributed by atoms with van der Waals surface area (Å²) in [7, 11) is 4.30. The zero-order valence-electron chi connectivity index (χ0n) is 14.3. The fourth-order valence-corrected chi connectivity index (χ4v) is 3.25. The maximum Gasteiger partial charge on any atom is 0.237 e. The molecule has 124 valence electrons. The second-order valence-corrected chi connectivity index (χ2v) is 6.88. The zero-order chi connectivity index (χ0) is 15.9. The Morgan fingerprint density at radius 2 is 2.00 bits per heavy atom. The summed E-state index contributed by atoms with van der Waals surface area (Å²) in [5.74, 6) is 0.600. The molecule has 1 atom stereocenters. The smallest absolute Gasteiger partial charge is 0.237 e. The predicted molar refractivity (Wildman–Crippen MR) is 88.2 cm³/mol. The van der Waals surface area contributed by atoms with Gasteiger partial charge in [0, 0.05) is 6.54 Å². The molecule has 1 amide bonds. The van der Waals surface area contributed by atoms with Gasteiger partial charge in [0.25, 0.3) is 0 Å². The molecule has 1 rings (SSSR count). The Balaban J connectivity index is 2.26. The van der Waals surface area contributed by atoms with Crippen LogP contribution in [0.15, 0.2) is 0 Å². The molecule has 3 N–H and O–H groups in total. The summed E-state index contributed by atoms with van der Waals surface area (Å²) in [6.45, 7) is 9.35. The molecular formula is C16H34N4O. The number of carbonyl (C=O) groups excluding carboxylic acids is 1. The van der Waals surface area contributed by atoms with E-state index in [1.54, 1.807) is 0 Å². The van der Waals surface area contributed by atoms with Crippen LogP contribution in [0.3, 0.4) is 0 Å². The van der Waals surface area contributed by atoms with E-state index in [1.807, 2.05) is 13.8 Å². The predicted octanol–water partition coefficient (Wildman–Crippen LogP) is 0.894. The molecule has 0 aromatic heterocycles. The second-order valence-electron chi connectivity index (χ2n) is 6.88. The SMILES string of the molecule is CCNC(C)(CCCN1CCC(CN(C)C)CC1)C(N)=O. The molecule has 1 aliphatic rings. The maximum absolute atomic E-state index is 11.6. The van der Waals surface area contributed by atoms with Gasteiger partial charge in [0.15, 0.2) is 0 Å². The lowest BCUT2D eigenvalue weighted by atomic mass is 9.93. The number of nitrogens with two attached hydrogens (primary N) is 1. The molecule has 0 aromatic rings. The van der Waals surface area contributed by atoms with Gasteiger partial charge in [0.1, 0.15) is 0 Å². The largest absolute Gasteiger partial charge is 0.368 e. The summed E-state index contributed by atoms with van der Waals surface area (Å²) < 4.78 is 0. The number of hydrogen-bond acceptors (Lipinski definition) is 4. The van der Waals surface area contributed by atoms with E-state index in [0.29, 0.717) is 0 Å². The Bertz CT molecular complexity index is 313. The molecular weight excluding hydrogens is 264 g/mol. The van der Waals surface area contributed by atoms with Crippen LogP contribution in [-0.2, 0) is 4.79 Å². The number of amides is 1. The van der Waals surface area contributed by atoms with Crippen molar-refractivity contribution in [3.05, 3.63) is 0 Å². The van der Waals surface area contributed by atoms with Gasteiger partial charge in [-0.15, -0.1) is 0 Å². The standard InChI is InChI=1S/C16H34N4O/c1-5-18-16(2,15(17)21)9-6-10-20-11-7-14(8-12-20)13-19(3)4/h14,18H,5-13H2,1-4H3,(H2,17,21). The molecule has 0 aromatic carbocycles. The summed E-state index contributed by atoms with van der Waals surface area (Å²) in [5, 5.41) is 3.23. The highest BCUT2D eigenvalue weighted by Crippen LogP contribution is 2.19. The maximum atomic E-state index is 11.6. The van der Waals surface area contributed by atoms with Crippen molar-refractivity contribution in [2.75, 3.05) is 46.8 Å². The minimum absolute atomic E-state index is 0.242. The lowest BCUT2D eigenvalue weighted by Crippen LogP contribution is -2.53. The number of rotatable bonds is 9. The van der Waals surface area contributed by atoms with Gasteiger partial charge in [-0.3, -0.25) is 4.79 Å². The van der Waals surface area contributed by atoms with Crippen molar-refractivity contribution >= 4 is 5.91 Å². The average Bonchev–Trinajstić information content (AvgIpc) is 2.40. The highest BCUT2D eigenvalue weighted by molar-refractivity contribution is 5.84. The van der Waals surface area contributed by atoms with E-state index in [2.05, 4.69) is 29.2 Å². The van der Waals surface area contributed by atoms with Crippen LogP contribution >= 0.6 is 0 Å². The van der Waals surface area contributed by atoms with Crippen LogP contribution in [0, 0.1) is 5.92 Å². The number of carbonyl (C=O) groups is 1. The molecule has 1 fully saturated rings. The Hall–Kier alpha value is -0.650. The van der Waals surface area contributed by atoms with E-state index < -0.39 is 5.54 Å². The van der Waals surface area contributed by atoms with E-state index in [-0.39, 0.29) is 5.91 Å². The summed E-state index contributed by atoms with van der Waals surface area (Å²) in [4.78, 5) is 16.4. The number of nitrogens with zero attached hydrogens (tertiary/aromatic N) is 2. The number of primary amides is 1. The van der Waals surface area contributed by atoms with Crippen molar-refractivity contribution in [2.24, 2.45) is 11.7 Å². The Morgan fingerprint density at radius 1 is 1.38 bits per heavy atom. The molecule has 1 heterocycles. The van der Waals surface area contributed by atoms with E-state index >= 15 is 0 Å². The van der Waals surface area contributed by atoms with Crippen LogP contribution in [0.25, 0.3) is 0 Å². The highest BCUT2D eigenvalue weighted by atomic mass is 16.1. The fraction of sp³-hybridized carbons (Fsp3) is 0.938. The first-order valence-electron chi connectivity index (χ1n) is 8.29. The first kappa shape index (κ1) is 18.4. The van der Waals surface area contributed by atoms with Crippen molar-refractivity contribution in [3.63, 3.8) is 0 Å². The number of likely N-dealkylation sites (N-methyl/N-ethyl adjacent to an activating group) is 1. The third kappa shape index (κ3) is 6.32. The molecule has 5 heteroatoms. The fourth-order valence-electron chi connectivity index (χ4n) is 3.25. The van der Waals surface area contributed by atoms with Gasteiger partial charge in [-0.2, -0.15) is 0 Å². The Kier molecular flexibility index (Phi) is 7.63. The van der Waals surface area contributed by atoms with Crippen molar-refractivity contribution in [1.29, 1.82) is 0 Å². The minimum Gasteiger partial charge on any atom is -0.368 e. The van der Waals surface area contributed by atoms with Gasteiger partial charge in [-0.25, -0.2) is 0 Å². The topological polar surface area (TPSA) is 61.6 Å². The van der Waals surface area contributed by atoms with Crippen molar-refractivity contribution in [3.8, 4) is 0 Å². The molecule has 1 unspecified atom stereocenters. The van der Waals surface area contributed by atoms with Crippen LogP contribution in [-0.4, -0.2) is 68.1 Å². The van der Waals surface area contributed by atoms with Crippen LogP contribution in [0.2, 0.25) is 0 Å². The van der Waals surface area contributed by atoms with Gasteiger partial charge in [0.2, 0.25) is 5.91 Å². The quantitative estimate of drug-likeness (QED) is 0.664. The van der Waals surface area contributed by atoms with Gasteiger partial charge in [0.05, 0.1) is 5.54 Å². The lowest BCUT2D eigenvalue weighted by Gasteiger charge is -2.34. The van der Waals surface area contributed by atoms with E-state index in [1.165, 1.54) is 32.5 Å². The van der Waals surface area contributed by atoms with Crippen molar-refractivity contribution in [2.45, 2.75) is 45.1 Å². The Labute approximate surface area is 130 Å². The van der Waals surface area contributed by atoms with Crippen LogP contribution in [0.4, 0.5) is 0 Å². The minimum atomic E-state index is -0.558. The third-order valence-electron chi connectivity index (χ3n) is 4.59. The Morgan fingerprint density at radius 3 is 2.48 bits per heavy atom. The van der Waals surface area contributed by atoms with Crippen LogP contribution < -0.4 is 11.1 Å². The van der Waals surface area contributed by atoms with Crippen molar-refractivity contribution in [1.82, 2.24) is 15.1 Å². The third-order valence-corrected chi connectivity index (χ3v) is 4.59. The summed E-state index contributed by atoms with van der Waals surface area (Å²) in [5.41, 5.74) is 4.96. The molecule has 0 spiro atoms. The number of piperidine rings is 1. The van der Waals surface area contributed by atoms with E-state index in [0.717, 1.165) is 31.8 Å². The number of likely N-dealkylation sites (tertiary alicyclic amines) is 1. The first-order chi connectivity index (χ1) is 9.87. The average molecular weight is 298 g/mol. The van der Waals surface area contributed by atoms with E-state index in [9.17, 15) is 4.79 Å². The molecule has 0 bridgehead atoms. The lowest BCUT2D eigenvalue weighted by molar-refractivity contribution is -0.124. The normalized spacial score (nSPS) is 20.6. The highest BCUT2D eigenvalue weighted by Gasteiger charge is 2.29. The molecule has 0 saturated carbocycles. The summed E-state index contributed by atoms with van der Waals surface area (Å²) >= 11 is 0. The molecule has 0 radical (unpaired) electrons. The summed E-state index contributed by atoms with van der Waals surface area (Å²) in [6, 6.07) is 0. The van der Waals surface area contributed by atoms with Gasteiger partial charge in [-0.05, 0) is 78.8 Å². The summed E-state index contributed by atoms with van der Waals surface area (Å²) in [6.07, 6.45) is 4.41. The monoisotopic (exact) mass is 298 g/mol. The molecule has 21 heavy (non-hydrogen) atoms. The molecule has 1 saturated heterocycles. The van der Waals surface area contributed by atoms with E-state index in [4.69, 9.17) is 5.73 Å². The first-order valence-corrected chi connectivity index (χ1v) is 8.29. The van der Waals surface area contributed by atoms with Crippen LogP contribution in [0.1, 0.15) is 39.5 Å². The number of nitrogens with one attached hydrogen (secondary N) is 1. The molecule has 0 aliphatic carbocycles. The van der Waals surface area contributed by atoms with Gasteiger partial charge >= 0.3 is 0 Å². The van der Waals surface area contributed by atoms with Crippen LogP contribution in [0.5, 0.6) is 0 Å².